The van der Waals surface area contributed by atoms with Gasteiger partial charge in [-0.15, -0.1) is 0 Å². The summed E-state index contributed by atoms with van der Waals surface area (Å²) in [6.07, 6.45) is 0. The Morgan fingerprint density at radius 2 is 1.78 bits per heavy atom. The molecule has 1 heterocycles. The first-order chi connectivity index (χ1) is 15.2. The van der Waals surface area contributed by atoms with E-state index in [0.717, 1.165) is 35.1 Å². The van der Waals surface area contributed by atoms with Crippen molar-refractivity contribution in [3.63, 3.8) is 0 Å². The van der Waals surface area contributed by atoms with Gasteiger partial charge in [-0.2, -0.15) is 0 Å². The summed E-state index contributed by atoms with van der Waals surface area (Å²) in [4.78, 5) is 17.2. The van der Waals surface area contributed by atoms with Gasteiger partial charge in [-0.05, 0) is 55.8 Å². The highest BCUT2D eigenvalue weighted by Crippen LogP contribution is 2.32. The number of hydrogen-bond acceptors (Lipinski definition) is 5. The van der Waals surface area contributed by atoms with Gasteiger partial charge in [0.15, 0.2) is 0 Å². The summed E-state index contributed by atoms with van der Waals surface area (Å²) in [6.45, 7) is 9.04. The van der Waals surface area contributed by atoms with Crippen molar-refractivity contribution in [2.75, 3.05) is 50.7 Å². The molecule has 32 heavy (non-hydrogen) atoms. The second-order valence-electron chi connectivity index (χ2n) is 7.91. The first kappa shape index (κ1) is 24.4. The van der Waals surface area contributed by atoms with Crippen LogP contribution >= 0.6 is 11.6 Å². The monoisotopic (exact) mass is 479 g/mol. The molecule has 174 valence electrons. The van der Waals surface area contributed by atoms with Crippen LogP contribution in [-0.2, 0) is 14.8 Å². The molecule has 2 aromatic rings. The van der Waals surface area contributed by atoms with Crippen molar-refractivity contribution in [1.82, 2.24) is 9.80 Å². The van der Waals surface area contributed by atoms with Crippen LogP contribution in [0.25, 0.3) is 0 Å². The molecule has 1 aliphatic rings. The number of likely N-dealkylation sites (N-methyl/N-ethyl adjacent to an activating group) is 1. The standard InChI is InChI=1S/C23H30ClN3O4S/c1-5-25-10-12-26(13-11-25)23(28)16-27(19-8-7-18(3)20(24)15-19)32(29,30)22-14-17(2)6-9-21(22)31-4/h6-9,14-15H,5,10-13,16H2,1-4H3. The lowest BCUT2D eigenvalue weighted by atomic mass is 10.2. The minimum atomic E-state index is -4.11. The lowest BCUT2D eigenvalue weighted by molar-refractivity contribution is -0.131. The van der Waals surface area contributed by atoms with Crippen molar-refractivity contribution in [1.29, 1.82) is 0 Å². The maximum atomic E-state index is 13.8. The molecule has 0 aromatic heterocycles. The summed E-state index contributed by atoms with van der Waals surface area (Å²) in [5, 5.41) is 0.433. The van der Waals surface area contributed by atoms with Gasteiger partial charge in [-0.25, -0.2) is 8.42 Å². The van der Waals surface area contributed by atoms with Crippen molar-refractivity contribution in [3.8, 4) is 5.75 Å². The third-order valence-corrected chi connectivity index (χ3v) is 7.98. The van der Waals surface area contributed by atoms with Crippen LogP contribution in [0.1, 0.15) is 18.1 Å². The van der Waals surface area contributed by atoms with Crippen LogP contribution in [0.15, 0.2) is 41.3 Å². The predicted molar refractivity (Wildman–Crippen MR) is 127 cm³/mol. The number of methoxy groups -OCH3 is 1. The molecule has 7 nitrogen and oxygen atoms in total. The number of ether oxygens (including phenoxy) is 1. The normalized spacial score (nSPS) is 15.0. The zero-order chi connectivity index (χ0) is 23.5. The minimum absolute atomic E-state index is 0.0142. The molecule has 3 rings (SSSR count). The van der Waals surface area contributed by atoms with Gasteiger partial charge < -0.3 is 14.5 Å². The number of aryl methyl sites for hydroxylation is 2. The number of anilines is 1. The molecular weight excluding hydrogens is 450 g/mol. The molecule has 0 radical (unpaired) electrons. The third kappa shape index (κ3) is 5.19. The molecule has 1 aliphatic heterocycles. The zero-order valence-corrected chi connectivity index (χ0v) is 20.5. The van der Waals surface area contributed by atoms with Gasteiger partial charge in [0.1, 0.15) is 17.2 Å². The van der Waals surface area contributed by atoms with E-state index in [1.54, 1.807) is 41.3 Å². The van der Waals surface area contributed by atoms with E-state index in [1.165, 1.54) is 7.11 Å². The fourth-order valence-electron chi connectivity index (χ4n) is 3.69. The van der Waals surface area contributed by atoms with E-state index in [4.69, 9.17) is 16.3 Å². The van der Waals surface area contributed by atoms with Gasteiger partial charge in [0.05, 0.1) is 12.8 Å². The fraction of sp³-hybridized carbons (Fsp3) is 0.435. The summed E-state index contributed by atoms with van der Waals surface area (Å²) in [5.74, 6) is -0.0181. The third-order valence-electron chi connectivity index (χ3n) is 5.78. The van der Waals surface area contributed by atoms with E-state index in [-0.39, 0.29) is 23.1 Å². The number of halogens is 1. The predicted octanol–water partition coefficient (Wildman–Crippen LogP) is 3.32. The lowest BCUT2D eigenvalue weighted by Crippen LogP contribution is -2.51. The van der Waals surface area contributed by atoms with E-state index in [0.29, 0.717) is 23.8 Å². The number of benzene rings is 2. The van der Waals surface area contributed by atoms with E-state index in [2.05, 4.69) is 11.8 Å². The van der Waals surface area contributed by atoms with E-state index in [9.17, 15) is 13.2 Å². The van der Waals surface area contributed by atoms with Crippen LogP contribution in [0, 0.1) is 13.8 Å². The largest absolute Gasteiger partial charge is 0.495 e. The Labute approximate surface area is 195 Å². The molecule has 1 fully saturated rings. The molecule has 0 unspecified atom stereocenters. The molecule has 0 atom stereocenters. The molecule has 0 bridgehead atoms. The summed E-state index contributed by atoms with van der Waals surface area (Å²) in [6, 6.07) is 9.96. The van der Waals surface area contributed by atoms with Crippen LogP contribution < -0.4 is 9.04 Å². The fourth-order valence-corrected chi connectivity index (χ4v) is 5.52. The quantitative estimate of drug-likeness (QED) is 0.609. The Balaban J connectivity index is 2.00. The van der Waals surface area contributed by atoms with E-state index >= 15 is 0 Å². The smallest absolute Gasteiger partial charge is 0.268 e. The van der Waals surface area contributed by atoms with Crippen molar-refractivity contribution in [3.05, 3.63) is 52.5 Å². The summed E-state index contributed by atoms with van der Waals surface area (Å²) >= 11 is 6.31. The second kappa shape index (κ2) is 10.1. The van der Waals surface area contributed by atoms with Gasteiger partial charge >= 0.3 is 0 Å². The number of carbonyl (C=O) groups is 1. The van der Waals surface area contributed by atoms with Crippen molar-refractivity contribution in [2.45, 2.75) is 25.7 Å². The molecule has 1 amide bonds. The van der Waals surface area contributed by atoms with Crippen LogP contribution in [0.2, 0.25) is 5.02 Å². The Kier molecular flexibility index (Phi) is 7.69. The van der Waals surface area contributed by atoms with E-state index in [1.807, 2.05) is 13.8 Å². The van der Waals surface area contributed by atoms with Crippen molar-refractivity contribution < 1.29 is 17.9 Å². The summed E-state index contributed by atoms with van der Waals surface area (Å²) in [7, 11) is -2.68. The number of carbonyl (C=O) groups excluding carboxylic acids is 1. The van der Waals surface area contributed by atoms with Crippen molar-refractivity contribution in [2.24, 2.45) is 0 Å². The molecule has 0 spiro atoms. The first-order valence-electron chi connectivity index (χ1n) is 10.6. The Morgan fingerprint density at radius 3 is 2.38 bits per heavy atom. The molecule has 0 N–H and O–H groups in total. The summed E-state index contributed by atoms with van der Waals surface area (Å²) < 4.78 is 34.1. The maximum Gasteiger partial charge on any atom is 0.268 e. The van der Waals surface area contributed by atoms with Crippen LogP contribution in [0.3, 0.4) is 0 Å². The molecule has 0 saturated carbocycles. The highest BCUT2D eigenvalue weighted by atomic mass is 35.5. The topological polar surface area (TPSA) is 70.2 Å². The molecular formula is C23H30ClN3O4S. The van der Waals surface area contributed by atoms with Gasteiger partial charge in [0, 0.05) is 31.2 Å². The van der Waals surface area contributed by atoms with Gasteiger partial charge in [-0.1, -0.05) is 30.7 Å². The second-order valence-corrected chi connectivity index (χ2v) is 10.2. The Hall–Kier alpha value is -2.29. The van der Waals surface area contributed by atoms with E-state index < -0.39 is 10.0 Å². The minimum Gasteiger partial charge on any atom is -0.495 e. The highest BCUT2D eigenvalue weighted by Gasteiger charge is 2.32. The average molecular weight is 480 g/mol. The number of piperazine rings is 1. The highest BCUT2D eigenvalue weighted by molar-refractivity contribution is 7.93. The van der Waals surface area contributed by atoms with Gasteiger partial charge in [0.2, 0.25) is 5.91 Å². The number of hydrogen-bond donors (Lipinski definition) is 0. The van der Waals surface area contributed by atoms with Crippen LogP contribution in [0.5, 0.6) is 5.75 Å². The number of amides is 1. The van der Waals surface area contributed by atoms with Gasteiger partial charge in [0.25, 0.3) is 10.0 Å². The molecule has 2 aromatic carbocycles. The van der Waals surface area contributed by atoms with Crippen LogP contribution in [-0.4, -0.2) is 70.5 Å². The maximum absolute atomic E-state index is 13.8. The summed E-state index contributed by atoms with van der Waals surface area (Å²) in [5.41, 5.74) is 1.93. The zero-order valence-electron chi connectivity index (χ0n) is 19.0. The first-order valence-corrected chi connectivity index (χ1v) is 12.4. The molecule has 0 aliphatic carbocycles. The number of rotatable bonds is 7. The Morgan fingerprint density at radius 1 is 1.09 bits per heavy atom. The lowest BCUT2D eigenvalue weighted by Gasteiger charge is -2.35. The van der Waals surface area contributed by atoms with Crippen LogP contribution in [0.4, 0.5) is 5.69 Å². The SMILES string of the molecule is CCN1CCN(C(=O)CN(c2ccc(C)c(Cl)c2)S(=O)(=O)c2cc(C)ccc2OC)CC1. The van der Waals surface area contributed by atoms with Crippen molar-refractivity contribution >= 4 is 33.2 Å². The Bertz CT molecular complexity index is 1080. The molecule has 1 saturated heterocycles. The molecule has 9 heteroatoms. The number of sulfonamides is 1. The average Bonchev–Trinajstić information content (AvgIpc) is 2.79. The van der Waals surface area contributed by atoms with Gasteiger partial charge in [-0.3, -0.25) is 9.10 Å². The number of nitrogens with zero attached hydrogens (tertiary/aromatic N) is 3.